The molecular weight excluding hydrogens is 976 g/mol. The Kier molecular flexibility index (Phi) is 56.2. The van der Waals surface area contributed by atoms with E-state index in [0.29, 0.717) is 19.3 Å². The van der Waals surface area contributed by atoms with Crippen LogP contribution < -0.4 is 0 Å². The van der Waals surface area contributed by atoms with Gasteiger partial charge in [-0.25, -0.2) is 4.57 Å². The molecule has 2 N–H and O–H groups in total. The zero-order chi connectivity index (χ0) is 55.5. The number of carbonyl (C=O) groups is 3. The number of aliphatic hydroxyl groups excluding tert-OH is 1. The number of unbranched alkanes of at least 4 members (excludes halogenated alkanes) is 31. The molecule has 76 heavy (non-hydrogen) atoms. The number of phosphoric ester groups is 1. The highest BCUT2D eigenvalue weighted by molar-refractivity contribution is 7.47. The maximum atomic E-state index is 12.9. The van der Waals surface area contributed by atoms with Crippen LogP contribution in [0.3, 0.4) is 0 Å². The summed E-state index contributed by atoms with van der Waals surface area (Å²) in [5, 5.41) is 9.82. The van der Waals surface area contributed by atoms with E-state index in [1.165, 1.54) is 116 Å². The van der Waals surface area contributed by atoms with E-state index >= 15 is 0 Å². The summed E-state index contributed by atoms with van der Waals surface area (Å²) in [6.07, 6.45) is 64.6. The quantitative estimate of drug-likeness (QED) is 0.0197. The first-order valence-electron chi connectivity index (χ1n) is 31.2. The molecule has 0 aromatic carbocycles. The van der Waals surface area contributed by atoms with Gasteiger partial charge in [0.2, 0.25) is 0 Å². The molecule has 0 radical (unpaired) electrons. The van der Waals surface area contributed by atoms with Crippen LogP contribution in [-0.2, 0) is 42.2 Å². The van der Waals surface area contributed by atoms with Crippen LogP contribution in [-0.4, -0.2) is 66.5 Å². The van der Waals surface area contributed by atoms with Crippen molar-refractivity contribution in [2.45, 2.75) is 303 Å². The molecule has 0 rings (SSSR count). The van der Waals surface area contributed by atoms with Gasteiger partial charge in [-0.1, -0.05) is 248 Å². The summed E-state index contributed by atoms with van der Waals surface area (Å²) in [5.41, 5.74) is 0. The lowest BCUT2D eigenvalue weighted by atomic mass is 10.0. The van der Waals surface area contributed by atoms with Gasteiger partial charge in [-0.15, -0.1) is 0 Å². The highest BCUT2D eigenvalue weighted by Gasteiger charge is 2.28. The molecule has 0 saturated heterocycles. The summed E-state index contributed by atoms with van der Waals surface area (Å²) in [6.45, 7) is 4.56. The molecule has 0 bridgehead atoms. The molecule has 0 aromatic heterocycles. The van der Waals surface area contributed by atoms with Crippen LogP contribution in [0.5, 0.6) is 0 Å². The second-order valence-electron chi connectivity index (χ2n) is 20.9. The minimum atomic E-state index is -4.76. The predicted molar refractivity (Wildman–Crippen MR) is 316 cm³/mol. The minimum Gasteiger partial charge on any atom is -0.462 e. The van der Waals surface area contributed by atoms with E-state index in [0.717, 1.165) is 116 Å². The van der Waals surface area contributed by atoms with Crippen molar-refractivity contribution in [1.29, 1.82) is 0 Å². The summed E-state index contributed by atoms with van der Waals surface area (Å²) in [6, 6.07) is 0. The van der Waals surface area contributed by atoms with Crippen LogP contribution in [0, 0.1) is 0 Å². The van der Waals surface area contributed by atoms with Gasteiger partial charge >= 0.3 is 25.7 Å². The Bertz CT molecular complexity index is 1510. The molecule has 0 heterocycles. The maximum absolute atomic E-state index is 12.9. The second-order valence-corrected chi connectivity index (χ2v) is 22.3. The molecule has 0 aliphatic heterocycles. The number of rotatable bonds is 58. The van der Waals surface area contributed by atoms with Crippen LogP contribution in [0.15, 0.2) is 60.8 Å². The van der Waals surface area contributed by atoms with Crippen molar-refractivity contribution in [3.8, 4) is 0 Å². The highest BCUT2D eigenvalue weighted by atomic mass is 31.2. The molecule has 11 nitrogen and oxygen atoms in total. The van der Waals surface area contributed by atoms with Gasteiger partial charge < -0.3 is 24.2 Å². The average Bonchev–Trinajstić information content (AvgIpc) is 3.41. The Morgan fingerprint density at radius 3 is 1.07 bits per heavy atom. The molecule has 0 amide bonds. The smallest absolute Gasteiger partial charge is 0.462 e. The second kappa shape index (κ2) is 58.3. The van der Waals surface area contributed by atoms with E-state index in [9.17, 15) is 28.9 Å². The van der Waals surface area contributed by atoms with E-state index in [4.69, 9.17) is 23.3 Å². The summed E-state index contributed by atoms with van der Waals surface area (Å²) in [4.78, 5) is 48.7. The van der Waals surface area contributed by atoms with Crippen molar-refractivity contribution in [3.05, 3.63) is 60.8 Å². The largest absolute Gasteiger partial charge is 0.472 e. The van der Waals surface area contributed by atoms with E-state index in [1.807, 2.05) is 0 Å². The predicted octanol–water partition coefficient (Wildman–Crippen LogP) is 18.7. The molecule has 3 atom stereocenters. The lowest BCUT2D eigenvalue weighted by molar-refractivity contribution is -0.161. The third-order valence-corrected chi connectivity index (χ3v) is 14.3. The van der Waals surface area contributed by atoms with Gasteiger partial charge in [0.25, 0.3) is 0 Å². The van der Waals surface area contributed by atoms with Crippen LogP contribution in [0.2, 0.25) is 0 Å². The Hall–Kier alpha value is -2.82. The molecule has 0 aromatic rings. The third-order valence-electron chi connectivity index (χ3n) is 13.4. The lowest BCUT2D eigenvalue weighted by Crippen LogP contribution is -2.30. The molecule has 0 saturated carbocycles. The number of ether oxygens (including phenoxy) is 3. The number of esters is 3. The van der Waals surface area contributed by atoms with Gasteiger partial charge in [-0.05, 0) is 83.5 Å². The Labute approximate surface area is 465 Å². The molecule has 442 valence electrons. The van der Waals surface area contributed by atoms with Crippen LogP contribution in [0.4, 0.5) is 0 Å². The number of hydrogen-bond donors (Lipinski definition) is 2. The van der Waals surface area contributed by atoms with Crippen molar-refractivity contribution in [2.24, 2.45) is 0 Å². The molecule has 0 spiro atoms. The van der Waals surface area contributed by atoms with E-state index in [2.05, 4.69) is 81.5 Å². The van der Waals surface area contributed by atoms with Gasteiger partial charge in [0.15, 0.2) is 6.10 Å². The summed E-state index contributed by atoms with van der Waals surface area (Å²) in [7, 11) is -4.76. The molecule has 12 heteroatoms. The number of allylic oxidation sites excluding steroid dienone is 10. The molecule has 3 unspecified atom stereocenters. The van der Waals surface area contributed by atoms with E-state index < -0.39 is 57.8 Å². The molecule has 0 fully saturated rings. The van der Waals surface area contributed by atoms with Gasteiger partial charge in [0, 0.05) is 19.3 Å². The fraction of sp³-hybridized carbons (Fsp3) is 0.797. The van der Waals surface area contributed by atoms with Gasteiger partial charge in [-0.2, -0.15) is 0 Å². The van der Waals surface area contributed by atoms with Crippen molar-refractivity contribution in [3.63, 3.8) is 0 Å². The van der Waals surface area contributed by atoms with Crippen molar-refractivity contribution in [1.82, 2.24) is 0 Å². The van der Waals surface area contributed by atoms with Gasteiger partial charge in [0.05, 0.1) is 19.8 Å². The Morgan fingerprint density at radius 2 is 0.671 bits per heavy atom. The molecule has 0 aliphatic carbocycles. The van der Waals surface area contributed by atoms with Crippen molar-refractivity contribution < 1.29 is 52.2 Å². The Balaban J connectivity index is 4.73. The standard InChI is InChI=1S/C64H115O11P/c1-4-7-10-13-16-19-22-25-27-29-30-32-34-37-40-43-46-49-52-55-64(68)75-61(57-71-62(66)53-50-47-44-41-38-36-33-31-28-26-23-20-17-14-11-8-5-2)59-73-76(69,70)72-58-60(56-65)74-63(67)54-51-48-45-42-39-35-24-21-18-15-12-9-6-3/h12,15-16,19,21,24-25,27,30,32,60-61,65H,4-11,13-14,17-18,20,22-23,26,28-29,31,33-59H2,1-3H3,(H,69,70)/b15-12-,19-16-,24-21-,27-25-,32-30-. The number of aliphatic hydroxyl groups is 1. The summed E-state index contributed by atoms with van der Waals surface area (Å²) >= 11 is 0. The Morgan fingerprint density at radius 1 is 0.368 bits per heavy atom. The first kappa shape index (κ1) is 73.2. The van der Waals surface area contributed by atoms with Crippen LogP contribution in [0.25, 0.3) is 0 Å². The zero-order valence-electron chi connectivity index (χ0n) is 49.0. The average molecular weight is 1090 g/mol. The first-order chi connectivity index (χ1) is 37.2. The zero-order valence-corrected chi connectivity index (χ0v) is 49.9. The normalized spacial score (nSPS) is 13.7. The lowest BCUT2D eigenvalue weighted by Gasteiger charge is -2.21. The number of phosphoric acid groups is 1. The minimum absolute atomic E-state index is 0.153. The number of hydrogen-bond acceptors (Lipinski definition) is 10. The monoisotopic (exact) mass is 1090 g/mol. The van der Waals surface area contributed by atoms with Gasteiger partial charge in [0.1, 0.15) is 12.7 Å². The molecule has 0 aliphatic rings. The SMILES string of the molecule is CCC/C=C\C/C=C\CCCCCCCC(=O)OC(CO)COP(=O)(O)OCC(COC(=O)CCCCCCCCCCCCCCCCCCC)OC(=O)CCCCCCCC/C=C\C/C=C\C/C=C\CCCCC. The van der Waals surface area contributed by atoms with E-state index in [-0.39, 0.29) is 25.9 Å². The fourth-order valence-electron chi connectivity index (χ4n) is 8.64. The first-order valence-corrected chi connectivity index (χ1v) is 32.7. The highest BCUT2D eigenvalue weighted by Crippen LogP contribution is 2.43. The number of carbonyl (C=O) groups excluding carboxylic acids is 3. The summed E-state index contributed by atoms with van der Waals surface area (Å²) < 4.78 is 39.6. The van der Waals surface area contributed by atoms with Crippen molar-refractivity contribution in [2.75, 3.05) is 26.4 Å². The topological polar surface area (TPSA) is 155 Å². The summed E-state index contributed by atoms with van der Waals surface area (Å²) in [5.74, 6) is -1.48. The van der Waals surface area contributed by atoms with Gasteiger partial charge in [-0.3, -0.25) is 23.4 Å². The van der Waals surface area contributed by atoms with Crippen LogP contribution in [0.1, 0.15) is 290 Å². The van der Waals surface area contributed by atoms with Crippen molar-refractivity contribution >= 4 is 25.7 Å². The fourth-order valence-corrected chi connectivity index (χ4v) is 9.42. The third kappa shape index (κ3) is 55.9. The maximum Gasteiger partial charge on any atom is 0.472 e. The van der Waals surface area contributed by atoms with E-state index in [1.54, 1.807) is 0 Å². The molecular formula is C64H115O11P. The van der Waals surface area contributed by atoms with Crippen LogP contribution >= 0.6 is 7.82 Å².